The van der Waals surface area contributed by atoms with Gasteiger partial charge in [-0.15, -0.1) is 23.5 Å². The third kappa shape index (κ3) is 7.93. The minimum Gasteiger partial charge on any atom is -0.456 e. The molecule has 3 aromatic carbocycles. The third-order valence-corrected chi connectivity index (χ3v) is 14.4. The molecule has 1 amide bonds. The van der Waals surface area contributed by atoms with Gasteiger partial charge in [0.25, 0.3) is 5.91 Å². The van der Waals surface area contributed by atoms with Gasteiger partial charge in [-0.1, -0.05) is 80.6 Å². The molecule has 4 aliphatic rings. The van der Waals surface area contributed by atoms with Crippen LogP contribution in [0.1, 0.15) is 72.9 Å². The second-order valence-electron chi connectivity index (χ2n) is 17.3. The van der Waals surface area contributed by atoms with E-state index in [2.05, 4.69) is 5.32 Å². The topological polar surface area (TPSA) is 187 Å². The van der Waals surface area contributed by atoms with E-state index in [0.717, 1.165) is 0 Å². The van der Waals surface area contributed by atoms with Crippen molar-refractivity contribution in [2.45, 2.75) is 94.4 Å². The average molecular weight is 890 g/mol. The average Bonchev–Trinajstić information content (AvgIpc) is 3.26. The first-order valence-electron chi connectivity index (χ1n) is 20.6. The number of esters is 2. The molecule has 11 atom stereocenters. The molecule has 0 spiro atoms. The number of thioether (sulfide) groups is 2. The molecule has 3 fully saturated rings. The zero-order chi connectivity index (χ0) is 44.6. The molecule has 2 saturated carbocycles. The Morgan fingerprint density at radius 2 is 1.47 bits per heavy atom. The number of ketones is 1. The fourth-order valence-corrected chi connectivity index (χ4v) is 10.8. The number of hydrogen-bond donors (Lipinski definition) is 4. The van der Waals surface area contributed by atoms with Crippen molar-refractivity contribution < 1.29 is 58.2 Å². The van der Waals surface area contributed by atoms with E-state index in [0.29, 0.717) is 16.7 Å². The van der Waals surface area contributed by atoms with E-state index in [4.69, 9.17) is 23.7 Å². The summed E-state index contributed by atoms with van der Waals surface area (Å²) in [5.41, 5.74) is -5.85. The van der Waals surface area contributed by atoms with Gasteiger partial charge in [-0.05, 0) is 67.3 Å². The van der Waals surface area contributed by atoms with Crippen LogP contribution in [0.15, 0.2) is 102 Å². The number of carbonyl (C=O) groups is 4. The van der Waals surface area contributed by atoms with Crippen molar-refractivity contribution in [3.8, 4) is 0 Å². The maximum absolute atomic E-state index is 15.3. The van der Waals surface area contributed by atoms with Crippen molar-refractivity contribution in [2.24, 2.45) is 16.7 Å². The first-order valence-corrected chi connectivity index (χ1v) is 23.4. The van der Waals surface area contributed by atoms with Crippen LogP contribution in [0, 0.1) is 16.7 Å². The van der Waals surface area contributed by atoms with E-state index in [1.54, 1.807) is 125 Å². The minimum atomic E-state index is -2.22. The first-order chi connectivity index (χ1) is 29.5. The Morgan fingerprint density at radius 3 is 2.05 bits per heavy atom. The van der Waals surface area contributed by atoms with Gasteiger partial charge in [-0.25, -0.2) is 9.59 Å². The molecule has 9 unspecified atom stereocenters. The molecular formula is C47H55NO12S2. The summed E-state index contributed by atoms with van der Waals surface area (Å²) in [6.07, 6.45) is -4.72. The number of rotatable bonds is 14. The normalized spacial score (nSPS) is 32.1. The lowest BCUT2D eigenvalue weighted by atomic mass is 9.44. The SMILES string of the molecule is CSCOC(C(=O)OC1CC2(O)C(OC(=O)c3ccccc3)C3[C@]4(O)COC4CC(OCSC)[C@@]3(C)C(=O)C(O)C(=C1C)C2(C)C)C(NC(=O)c1ccccc1)c1ccccc1. The number of aliphatic hydroxyl groups excluding tert-OH is 1. The summed E-state index contributed by atoms with van der Waals surface area (Å²) in [7, 11) is 0. The van der Waals surface area contributed by atoms with Crippen molar-refractivity contribution in [2.75, 3.05) is 31.0 Å². The fourth-order valence-electron chi connectivity index (χ4n) is 10.2. The molecule has 1 saturated heterocycles. The van der Waals surface area contributed by atoms with Crippen molar-refractivity contribution in [1.29, 1.82) is 0 Å². The highest BCUT2D eigenvalue weighted by molar-refractivity contribution is 7.98. The number of fused-ring (bicyclic) bond motifs is 5. The van der Waals surface area contributed by atoms with Gasteiger partial charge in [0.15, 0.2) is 11.9 Å². The zero-order valence-electron chi connectivity index (χ0n) is 35.6. The summed E-state index contributed by atoms with van der Waals surface area (Å²) in [5.74, 6) is -4.07. The number of aliphatic hydroxyl groups is 3. The third-order valence-electron chi connectivity index (χ3n) is 13.6. The van der Waals surface area contributed by atoms with Gasteiger partial charge in [-0.2, -0.15) is 0 Å². The Bertz CT molecular complexity index is 2160. The first kappa shape index (κ1) is 45.9. The summed E-state index contributed by atoms with van der Waals surface area (Å²) < 4.78 is 31.2. The molecule has 7 rings (SSSR count). The summed E-state index contributed by atoms with van der Waals surface area (Å²) >= 11 is 2.69. The predicted octanol–water partition coefficient (Wildman–Crippen LogP) is 5.28. The van der Waals surface area contributed by atoms with Crippen LogP contribution in [0.3, 0.4) is 0 Å². The lowest BCUT2D eigenvalue weighted by Gasteiger charge is -2.67. The van der Waals surface area contributed by atoms with Crippen LogP contribution in [0.25, 0.3) is 0 Å². The Morgan fingerprint density at radius 1 is 0.871 bits per heavy atom. The van der Waals surface area contributed by atoms with E-state index < -0.39 is 94.2 Å². The van der Waals surface area contributed by atoms with E-state index in [-0.39, 0.29) is 42.5 Å². The van der Waals surface area contributed by atoms with Crippen molar-refractivity contribution in [3.63, 3.8) is 0 Å². The van der Waals surface area contributed by atoms with E-state index >= 15 is 4.79 Å². The smallest absolute Gasteiger partial charge is 0.338 e. The number of amides is 1. The maximum atomic E-state index is 15.3. The molecule has 15 heteroatoms. The van der Waals surface area contributed by atoms with Gasteiger partial charge < -0.3 is 44.3 Å². The summed E-state index contributed by atoms with van der Waals surface area (Å²) in [6.45, 7) is 6.27. The molecule has 2 bridgehead atoms. The Balaban J connectivity index is 1.35. The molecule has 4 N–H and O–H groups in total. The lowest BCUT2D eigenvalue weighted by molar-refractivity contribution is -0.345. The van der Waals surface area contributed by atoms with Gasteiger partial charge in [0.2, 0.25) is 0 Å². The largest absolute Gasteiger partial charge is 0.456 e. The Hall–Kier alpha value is -4.06. The number of Topliss-reactive ketones (excluding diaryl/α,β-unsaturated/α-hetero) is 1. The second kappa shape index (κ2) is 18.2. The van der Waals surface area contributed by atoms with Gasteiger partial charge in [0.1, 0.15) is 29.5 Å². The Labute approximate surface area is 370 Å². The molecule has 13 nitrogen and oxygen atoms in total. The van der Waals surface area contributed by atoms with Crippen LogP contribution in [-0.2, 0) is 33.3 Å². The van der Waals surface area contributed by atoms with Crippen LogP contribution in [0.5, 0.6) is 0 Å². The number of ether oxygens (including phenoxy) is 5. The summed E-state index contributed by atoms with van der Waals surface area (Å²) in [6, 6.07) is 24.5. The molecule has 3 aromatic rings. The Kier molecular flexibility index (Phi) is 13.5. The molecule has 1 heterocycles. The number of nitrogens with one attached hydrogen (secondary N) is 1. The van der Waals surface area contributed by atoms with Crippen LogP contribution >= 0.6 is 23.5 Å². The number of carbonyl (C=O) groups excluding carboxylic acids is 4. The fraction of sp³-hybridized carbons (Fsp3) is 0.489. The number of hydrogen-bond acceptors (Lipinski definition) is 14. The van der Waals surface area contributed by atoms with Crippen LogP contribution < -0.4 is 5.32 Å². The van der Waals surface area contributed by atoms with Gasteiger partial charge >= 0.3 is 11.9 Å². The standard InChI is InChI=1S/C47H55NO12S2/c1-27-31(59-43(53)37(58-26-62-6)35(28-16-10-7-11-17-28)48-41(51)29-18-12-8-13-19-29)23-47(55)40(60-42(52)30-20-14-9-15-21-30)38-45(4,39(50)36(49)34(27)44(47,2)3)32(57-25-61-5)22-33-46(38,54)24-56-33/h7-21,31-33,35-38,40,49,54-55H,22-26H2,1-6H3,(H,48,51)/t31?,32?,33?,35?,36?,37?,38?,40?,45-,46+,47?/m1/s1. The van der Waals surface area contributed by atoms with Crippen molar-refractivity contribution in [1.82, 2.24) is 5.32 Å². The quantitative estimate of drug-likeness (QED) is 0.0930. The summed E-state index contributed by atoms with van der Waals surface area (Å²) in [4.78, 5) is 58.0. The minimum absolute atomic E-state index is 0.0403. The molecule has 332 valence electrons. The van der Waals surface area contributed by atoms with Gasteiger partial charge in [0.05, 0.1) is 47.7 Å². The predicted molar refractivity (Wildman–Crippen MR) is 233 cm³/mol. The second-order valence-corrected chi connectivity index (χ2v) is 18.9. The maximum Gasteiger partial charge on any atom is 0.338 e. The highest BCUT2D eigenvalue weighted by Gasteiger charge is 2.76. The number of benzene rings is 3. The van der Waals surface area contributed by atoms with Crippen molar-refractivity contribution in [3.05, 3.63) is 119 Å². The molecule has 0 aromatic heterocycles. The van der Waals surface area contributed by atoms with E-state index in [9.17, 15) is 29.7 Å². The summed E-state index contributed by atoms with van der Waals surface area (Å²) in [5, 5.41) is 41.7. The molecular weight excluding hydrogens is 835 g/mol. The molecule has 62 heavy (non-hydrogen) atoms. The molecule has 1 aliphatic heterocycles. The van der Waals surface area contributed by atoms with Crippen molar-refractivity contribution >= 4 is 47.2 Å². The van der Waals surface area contributed by atoms with Crippen LogP contribution in [-0.4, -0.2) is 118 Å². The monoisotopic (exact) mass is 889 g/mol. The highest BCUT2D eigenvalue weighted by atomic mass is 32.2. The van der Waals surface area contributed by atoms with Crippen LogP contribution in [0.2, 0.25) is 0 Å². The zero-order valence-corrected chi connectivity index (χ0v) is 37.3. The lowest BCUT2D eigenvalue weighted by Crippen LogP contribution is -2.81. The van der Waals surface area contributed by atoms with E-state index in [1.165, 1.54) is 23.5 Å². The van der Waals surface area contributed by atoms with Gasteiger partial charge in [0, 0.05) is 29.7 Å². The van der Waals surface area contributed by atoms with Crippen LogP contribution in [0.4, 0.5) is 0 Å². The van der Waals surface area contributed by atoms with E-state index in [1.807, 2.05) is 6.26 Å². The highest BCUT2D eigenvalue weighted by Crippen LogP contribution is 2.63. The molecule has 0 radical (unpaired) electrons. The van der Waals surface area contributed by atoms with Gasteiger partial charge in [-0.3, -0.25) is 9.59 Å². The molecule has 3 aliphatic carbocycles.